The average molecular weight is 540 g/mol. The minimum Gasteiger partial charge on any atom is -0.423 e. The highest BCUT2D eigenvalue weighted by Gasteiger charge is 2.14. The summed E-state index contributed by atoms with van der Waals surface area (Å²) in [5, 5.41) is 11.0. The van der Waals surface area contributed by atoms with E-state index in [0.717, 1.165) is 48.7 Å². The lowest BCUT2D eigenvalue weighted by Crippen LogP contribution is -2.15. The molecule has 0 radical (unpaired) electrons. The van der Waals surface area contributed by atoms with Gasteiger partial charge in [-0.05, 0) is 104 Å². The smallest absolute Gasteiger partial charge is 0.343 e. The number of esters is 1. The lowest BCUT2D eigenvalue weighted by Gasteiger charge is -2.14. The van der Waals surface area contributed by atoms with Crippen LogP contribution in [0.3, 0.4) is 0 Å². The molecule has 0 saturated carbocycles. The molecule has 0 unspecified atom stereocenters. The number of aryl methyl sites for hydroxylation is 1. The molecule has 7 nitrogen and oxygen atoms in total. The van der Waals surface area contributed by atoms with E-state index in [0.29, 0.717) is 17.0 Å². The minimum atomic E-state index is -0.374. The van der Waals surface area contributed by atoms with Crippen LogP contribution < -0.4 is 20.5 Å². The normalized spacial score (nSPS) is 13.1. The Kier molecular flexibility index (Phi) is 8.86. The summed E-state index contributed by atoms with van der Waals surface area (Å²) in [5.41, 5.74) is 10.6. The summed E-state index contributed by atoms with van der Waals surface area (Å²) in [7, 11) is 0. The fraction of sp³-hybridized carbons (Fsp3) is 0.258. The minimum absolute atomic E-state index is 0.374. The van der Waals surface area contributed by atoms with E-state index in [2.05, 4.69) is 45.0 Å². The third kappa shape index (κ3) is 7.45. The molecule has 0 aliphatic carbocycles. The van der Waals surface area contributed by atoms with Gasteiger partial charge in [0.05, 0.1) is 27.6 Å². The number of anilines is 3. The van der Waals surface area contributed by atoms with Crippen LogP contribution in [0.5, 0.6) is 5.75 Å². The Morgan fingerprint density at radius 2 is 1.51 bits per heavy atom. The maximum absolute atomic E-state index is 12.5. The van der Waals surface area contributed by atoms with Gasteiger partial charge in [-0.1, -0.05) is 36.8 Å². The van der Waals surface area contributed by atoms with Crippen molar-refractivity contribution in [3.8, 4) is 5.75 Å². The number of benzene rings is 3. The number of hydrazine groups is 1. The third-order valence-corrected chi connectivity index (χ3v) is 7.61. The first kappa shape index (κ1) is 26.4. The van der Waals surface area contributed by atoms with E-state index < -0.39 is 0 Å². The Morgan fingerprint density at radius 1 is 0.846 bits per heavy atom. The molecule has 200 valence electrons. The van der Waals surface area contributed by atoms with Crippen LogP contribution in [0.15, 0.2) is 95.2 Å². The van der Waals surface area contributed by atoms with Gasteiger partial charge >= 0.3 is 5.97 Å². The topological polar surface area (TPSA) is 78.3 Å². The van der Waals surface area contributed by atoms with Gasteiger partial charge in [0, 0.05) is 13.1 Å². The maximum Gasteiger partial charge on any atom is 0.343 e. The third-order valence-electron chi connectivity index (χ3n) is 6.54. The van der Waals surface area contributed by atoms with Gasteiger partial charge in [0.25, 0.3) is 0 Å². The van der Waals surface area contributed by atoms with Crippen LogP contribution in [0.4, 0.5) is 27.1 Å². The van der Waals surface area contributed by atoms with Gasteiger partial charge in [0.1, 0.15) is 10.8 Å². The Bertz CT molecular complexity index is 1380. The molecule has 8 heteroatoms. The molecule has 1 aliphatic heterocycles. The number of unbranched alkanes of at least 4 members (excludes halogenated alkanes) is 1. The zero-order valence-electron chi connectivity index (χ0n) is 22.1. The zero-order chi connectivity index (χ0) is 26.9. The van der Waals surface area contributed by atoms with Crippen LogP contribution >= 0.6 is 11.3 Å². The number of ether oxygens (including phenoxy) is 1. The summed E-state index contributed by atoms with van der Waals surface area (Å²) < 4.78 is 5.51. The van der Waals surface area contributed by atoms with E-state index in [4.69, 9.17) is 4.74 Å². The molecule has 1 fully saturated rings. The maximum atomic E-state index is 12.5. The molecule has 4 aromatic rings. The van der Waals surface area contributed by atoms with E-state index in [1.807, 2.05) is 48.5 Å². The molecule has 2 N–H and O–H groups in total. The predicted octanol–water partition coefficient (Wildman–Crippen LogP) is 8.76. The van der Waals surface area contributed by atoms with Crippen LogP contribution in [0.25, 0.3) is 0 Å². The molecule has 0 spiro atoms. The van der Waals surface area contributed by atoms with E-state index >= 15 is 0 Å². The number of nitrogens with one attached hydrogen (secondary N) is 2. The molecule has 1 aliphatic rings. The Balaban J connectivity index is 1.09. The first-order valence-electron chi connectivity index (χ1n) is 13.5. The highest BCUT2D eigenvalue weighted by atomic mass is 32.1. The molecule has 39 heavy (non-hydrogen) atoms. The van der Waals surface area contributed by atoms with Crippen molar-refractivity contribution < 1.29 is 9.53 Å². The number of azo groups is 1. The molecular formula is C31H33N5O2S. The van der Waals surface area contributed by atoms with Crippen molar-refractivity contribution >= 4 is 44.4 Å². The molecule has 1 saturated heterocycles. The largest absolute Gasteiger partial charge is 0.423 e. The molecule has 5 rings (SSSR count). The van der Waals surface area contributed by atoms with Gasteiger partial charge < -0.3 is 15.1 Å². The van der Waals surface area contributed by atoms with Crippen molar-refractivity contribution in [3.63, 3.8) is 0 Å². The number of rotatable bonds is 11. The number of hydrogen-bond donors (Lipinski definition) is 2. The molecule has 2 heterocycles. The number of carbonyl (C=O) groups excluding carboxylic acids is 1. The van der Waals surface area contributed by atoms with Gasteiger partial charge in [0.2, 0.25) is 0 Å². The van der Waals surface area contributed by atoms with Gasteiger partial charge in [-0.2, -0.15) is 10.2 Å². The Labute approximate surface area is 233 Å². The summed E-state index contributed by atoms with van der Waals surface area (Å²) in [6.45, 7) is 4.47. The van der Waals surface area contributed by atoms with E-state index in [1.165, 1.54) is 23.4 Å². The van der Waals surface area contributed by atoms with Crippen LogP contribution in [-0.2, 0) is 6.42 Å². The number of carbonyl (C=O) groups is 1. The number of nitrogens with zero attached hydrogens (tertiary/aromatic N) is 3. The summed E-state index contributed by atoms with van der Waals surface area (Å²) in [5.74, 6) is 0.0935. The van der Waals surface area contributed by atoms with Crippen LogP contribution in [0, 0.1) is 0 Å². The van der Waals surface area contributed by atoms with Crippen LogP contribution in [-0.4, -0.2) is 19.1 Å². The van der Waals surface area contributed by atoms with Gasteiger partial charge in [0.15, 0.2) is 0 Å². The lowest BCUT2D eigenvalue weighted by molar-refractivity contribution is 0.0734. The standard InChI is InChI=1S/C31H33N5O2S/c1-2-3-6-23-7-9-24(10-8-23)31(37)38-28-17-15-27(16-18-28)33-32-25-11-13-26(14-12-25)34-35-29-19-20-30(39-29)36-21-4-5-22-36/h7-20,34-35H,2-6,21-22H2,1H3. The second-order valence-corrected chi connectivity index (χ2v) is 10.6. The van der Waals surface area contributed by atoms with E-state index in [1.54, 1.807) is 35.6 Å². The zero-order valence-corrected chi connectivity index (χ0v) is 22.9. The highest BCUT2D eigenvalue weighted by molar-refractivity contribution is 7.20. The first-order chi connectivity index (χ1) is 19.2. The molecule has 0 bridgehead atoms. The lowest BCUT2D eigenvalue weighted by atomic mass is 10.1. The van der Waals surface area contributed by atoms with Crippen molar-refractivity contribution in [1.82, 2.24) is 0 Å². The van der Waals surface area contributed by atoms with E-state index in [9.17, 15) is 4.79 Å². The highest BCUT2D eigenvalue weighted by Crippen LogP contribution is 2.32. The molecular weight excluding hydrogens is 506 g/mol. The summed E-state index contributed by atoms with van der Waals surface area (Å²) >= 11 is 1.75. The van der Waals surface area contributed by atoms with Gasteiger partial charge in [-0.15, -0.1) is 0 Å². The van der Waals surface area contributed by atoms with Crippen molar-refractivity contribution in [3.05, 3.63) is 96.1 Å². The van der Waals surface area contributed by atoms with Gasteiger partial charge in [-0.25, -0.2) is 4.79 Å². The molecule has 1 aromatic heterocycles. The van der Waals surface area contributed by atoms with Gasteiger partial charge in [-0.3, -0.25) is 5.43 Å². The summed E-state index contributed by atoms with van der Waals surface area (Å²) in [4.78, 5) is 14.9. The second-order valence-electron chi connectivity index (χ2n) is 9.51. The Morgan fingerprint density at radius 3 is 2.18 bits per heavy atom. The van der Waals surface area contributed by atoms with Crippen molar-refractivity contribution in [2.24, 2.45) is 10.2 Å². The Hall–Kier alpha value is -4.17. The van der Waals surface area contributed by atoms with Crippen molar-refractivity contribution in [1.29, 1.82) is 0 Å². The van der Waals surface area contributed by atoms with E-state index in [-0.39, 0.29) is 5.97 Å². The van der Waals surface area contributed by atoms with Crippen molar-refractivity contribution in [2.75, 3.05) is 28.8 Å². The predicted molar refractivity (Wildman–Crippen MR) is 160 cm³/mol. The summed E-state index contributed by atoms with van der Waals surface area (Å²) in [6, 6.07) is 26.6. The molecule has 0 atom stereocenters. The second kappa shape index (κ2) is 13.1. The number of thiophene rings is 1. The molecule has 3 aromatic carbocycles. The first-order valence-corrected chi connectivity index (χ1v) is 14.3. The average Bonchev–Trinajstić information content (AvgIpc) is 3.68. The quantitative estimate of drug-likeness (QED) is 0.0862. The van der Waals surface area contributed by atoms with Crippen LogP contribution in [0.2, 0.25) is 0 Å². The molecule has 0 amide bonds. The summed E-state index contributed by atoms with van der Waals surface area (Å²) in [6.07, 6.45) is 5.87. The fourth-order valence-corrected chi connectivity index (χ4v) is 5.21. The SMILES string of the molecule is CCCCc1ccc(C(=O)Oc2ccc(N=Nc3ccc(NNc4ccc(N5CCCC5)s4)cc3)cc2)cc1. The van der Waals surface area contributed by atoms with Crippen molar-refractivity contribution in [2.45, 2.75) is 39.0 Å². The monoisotopic (exact) mass is 539 g/mol. The fourth-order valence-electron chi connectivity index (χ4n) is 4.30. The van der Waals surface area contributed by atoms with Crippen LogP contribution in [0.1, 0.15) is 48.5 Å². The number of hydrogen-bond acceptors (Lipinski definition) is 8.